The van der Waals surface area contributed by atoms with Crippen molar-refractivity contribution in [1.29, 1.82) is 0 Å². The molecular formula is C11H17NO2. The van der Waals surface area contributed by atoms with Gasteiger partial charge in [-0.25, -0.2) is 0 Å². The SMILES string of the molecule is Cc1ccc(C(C)C)n1CCC(=O)O. The van der Waals surface area contributed by atoms with E-state index in [4.69, 9.17) is 5.11 Å². The summed E-state index contributed by atoms with van der Waals surface area (Å²) in [4.78, 5) is 10.5. The third-order valence-electron chi connectivity index (χ3n) is 2.37. The van der Waals surface area contributed by atoms with Gasteiger partial charge in [0.25, 0.3) is 0 Å². The molecule has 0 aliphatic rings. The van der Waals surface area contributed by atoms with Gasteiger partial charge < -0.3 is 9.67 Å². The molecular weight excluding hydrogens is 178 g/mol. The molecule has 0 aromatic carbocycles. The quantitative estimate of drug-likeness (QED) is 0.801. The monoisotopic (exact) mass is 195 g/mol. The Balaban J connectivity index is 2.82. The van der Waals surface area contributed by atoms with Crippen LogP contribution in [0.2, 0.25) is 0 Å². The van der Waals surface area contributed by atoms with Crippen molar-refractivity contribution in [2.75, 3.05) is 0 Å². The molecule has 0 aliphatic carbocycles. The Hall–Kier alpha value is -1.25. The lowest BCUT2D eigenvalue weighted by atomic mass is 10.1. The smallest absolute Gasteiger partial charge is 0.305 e. The fourth-order valence-corrected chi connectivity index (χ4v) is 1.61. The number of hydrogen-bond donors (Lipinski definition) is 1. The van der Waals surface area contributed by atoms with E-state index in [-0.39, 0.29) is 6.42 Å². The first kappa shape index (κ1) is 10.8. The summed E-state index contributed by atoms with van der Waals surface area (Å²) in [6, 6.07) is 4.11. The number of carbonyl (C=O) groups is 1. The van der Waals surface area contributed by atoms with E-state index in [1.54, 1.807) is 0 Å². The van der Waals surface area contributed by atoms with Crippen LogP contribution in [-0.2, 0) is 11.3 Å². The zero-order valence-electron chi connectivity index (χ0n) is 8.95. The molecule has 3 heteroatoms. The second-order valence-corrected chi connectivity index (χ2v) is 3.85. The number of aryl methyl sites for hydroxylation is 1. The Kier molecular flexibility index (Phi) is 3.33. The molecule has 1 aromatic rings. The van der Waals surface area contributed by atoms with E-state index in [1.165, 1.54) is 5.69 Å². The molecule has 1 heterocycles. The minimum Gasteiger partial charge on any atom is -0.481 e. The summed E-state index contributed by atoms with van der Waals surface area (Å²) in [5.74, 6) is -0.301. The van der Waals surface area contributed by atoms with Crippen molar-refractivity contribution >= 4 is 5.97 Å². The Morgan fingerprint density at radius 1 is 1.50 bits per heavy atom. The van der Waals surface area contributed by atoms with Gasteiger partial charge in [-0.2, -0.15) is 0 Å². The minimum absolute atomic E-state index is 0.190. The molecule has 78 valence electrons. The molecule has 0 spiro atoms. The van der Waals surface area contributed by atoms with Crippen molar-refractivity contribution in [3.05, 3.63) is 23.5 Å². The molecule has 0 aliphatic heterocycles. The summed E-state index contributed by atoms with van der Waals surface area (Å²) in [5.41, 5.74) is 2.35. The van der Waals surface area contributed by atoms with Gasteiger partial charge in [0, 0.05) is 17.9 Å². The third kappa shape index (κ3) is 2.37. The van der Waals surface area contributed by atoms with Gasteiger partial charge in [0.15, 0.2) is 0 Å². The number of rotatable bonds is 4. The maximum absolute atomic E-state index is 10.5. The van der Waals surface area contributed by atoms with E-state index < -0.39 is 5.97 Å². The number of aromatic nitrogens is 1. The average molecular weight is 195 g/mol. The van der Waals surface area contributed by atoms with Gasteiger partial charge in [-0.15, -0.1) is 0 Å². The normalized spacial score (nSPS) is 10.9. The fourth-order valence-electron chi connectivity index (χ4n) is 1.61. The van der Waals surface area contributed by atoms with Crippen LogP contribution in [0.5, 0.6) is 0 Å². The highest BCUT2D eigenvalue weighted by Gasteiger charge is 2.09. The van der Waals surface area contributed by atoms with Gasteiger partial charge in [0.2, 0.25) is 0 Å². The van der Waals surface area contributed by atoms with Crippen LogP contribution in [0.4, 0.5) is 0 Å². The lowest BCUT2D eigenvalue weighted by Gasteiger charge is -2.12. The molecule has 0 saturated heterocycles. The summed E-state index contributed by atoms with van der Waals surface area (Å²) < 4.78 is 2.08. The summed E-state index contributed by atoms with van der Waals surface area (Å²) in [6.07, 6.45) is 0.190. The van der Waals surface area contributed by atoms with Gasteiger partial charge in [-0.3, -0.25) is 4.79 Å². The molecule has 0 atom stereocenters. The average Bonchev–Trinajstić information content (AvgIpc) is 2.43. The second-order valence-electron chi connectivity index (χ2n) is 3.85. The molecule has 0 radical (unpaired) electrons. The highest BCUT2D eigenvalue weighted by molar-refractivity contribution is 5.66. The van der Waals surface area contributed by atoms with E-state index in [2.05, 4.69) is 24.5 Å². The van der Waals surface area contributed by atoms with Gasteiger partial charge in [-0.05, 0) is 25.0 Å². The van der Waals surface area contributed by atoms with Crippen molar-refractivity contribution in [3.63, 3.8) is 0 Å². The summed E-state index contributed by atoms with van der Waals surface area (Å²) in [5, 5.41) is 8.62. The molecule has 1 rings (SSSR count). The lowest BCUT2D eigenvalue weighted by Crippen LogP contribution is -2.09. The first-order chi connectivity index (χ1) is 6.52. The number of hydrogen-bond acceptors (Lipinski definition) is 1. The van der Waals surface area contributed by atoms with Gasteiger partial charge in [-0.1, -0.05) is 13.8 Å². The topological polar surface area (TPSA) is 42.2 Å². The Morgan fingerprint density at radius 2 is 2.14 bits per heavy atom. The minimum atomic E-state index is -0.743. The number of aliphatic carboxylic acids is 1. The molecule has 0 amide bonds. The Labute approximate surface area is 84.4 Å². The largest absolute Gasteiger partial charge is 0.481 e. The molecule has 0 bridgehead atoms. The van der Waals surface area contributed by atoms with E-state index in [1.807, 2.05) is 13.0 Å². The van der Waals surface area contributed by atoms with Crippen LogP contribution >= 0.6 is 0 Å². The molecule has 1 aromatic heterocycles. The van der Waals surface area contributed by atoms with Crippen LogP contribution in [0.15, 0.2) is 12.1 Å². The van der Waals surface area contributed by atoms with Crippen LogP contribution in [0.3, 0.4) is 0 Å². The van der Waals surface area contributed by atoms with E-state index >= 15 is 0 Å². The van der Waals surface area contributed by atoms with E-state index in [0.29, 0.717) is 12.5 Å². The molecule has 0 saturated carbocycles. The second kappa shape index (κ2) is 4.31. The molecule has 14 heavy (non-hydrogen) atoms. The van der Waals surface area contributed by atoms with Crippen LogP contribution in [0, 0.1) is 6.92 Å². The maximum Gasteiger partial charge on any atom is 0.305 e. The molecule has 0 unspecified atom stereocenters. The van der Waals surface area contributed by atoms with Crippen molar-refractivity contribution in [3.8, 4) is 0 Å². The molecule has 3 nitrogen and oxygen atoms in total. The van der Waals surface area contributed by atoms with Crippen molar-refractivity contribution < 1.29 is 9.90 Å². The van der Waals surface area contributed by atoms with Crippen molar-refractivity contribution in [1.82, 2.24) is 4.57 Å². The van der Waals surface area contributed by atoms with E-state index in [0.717, 1.165) is 5.69 Å². The van der Waals surface area contributed by atoms with Crippen LogP contribution in [-0.4, -0.2) is 15.6 Å². The maximum atomic E-state index is 10.5. The standard InChI is InChI=1S/C11H17NO2/c1-8(2)10-5-4-9(3)12(10)7-6-11(13)14/h4-5,8H,6-7H2,1-3H3,(H,13,14). The zero-order chi connectivity index (χ0) is 10.7. The zero-order valence-corrected chi connectivity index (χ0v) is 8.95. The summed E-state index contributed by atoms with van der Waals surface area (Å²) in [7, 11) is 0. The predicted molar refractivity (Wildman–Crippen MR) is 55.5 cm³/mol. The first-order valence-corrected chi connectivity index (χ1v) is 4.90. The number of carboxylic acids is 1. The van der Waals surface area contributed by atoms with Crippen molar-refractivity contribution in [2.45, 2.75) is 39.7 Å². The van der Waals surface area contributed by atoms with Crippen LogP contribution in [0.1, 0.15) is 37.6 Å². The highest BCUT2D eigenvalue weighted by Crippen LogP contribution is 2.18. The number of nitrogens with zero attached hydrogens (tertiary/aromatic N) is 1. The lowest BCUT2D eigenvalue weighted by molar-refractivity contribution is -0.137. The summed E-state index contributed by atoms with van der Waals surface area (Å²) in [6.45, 7) is 6.81. The predicted octanol–water partition coefficient (Wildman–Crippen LogP) is 2.39. The van der Waals surface area contributed by atoms with E-state index in [9.17, 15) is 4.79 Å². The van der Waals surface area contributed by atoms with Crippen LogP contribution in [0.25, 0.3) is 0 Å². The molecule has 1 N–H and O–H groups in total. The Bertz CT molecular complexity index is 326. The number of carboxylic acid groups (broad SMARTS) is 1. The summed E-state index contributed by atoms with van der Waals surface area (Å²) >= 11 is 0. The van der Waals surface area contributed by atoms with Gasteiger partial charge in [0.05, 0.1) is 6.42 Å². The first-order valence-electron chi connectivity index (χ1n) is 4.90. The van der Waals surface area contributed by atoms with Crippen molar-refractivity contribution in [2.24, 2.45) is 0 Å². The fraction of sp³-hybridized carbons (Fsp3) is 0.545. The van der Waals surface area contributed by atoms with Gasteiger partial charge in [0.1, 0.15) is 0 Å². The van der Waals surface area contributed by atoms with Gasteiger partial charge >= 0.3 is 5.97 Å². The van der Waals surface area contributed by atoms with Crippen LogP contribution < -0.4 is 0 Å². The third-order valence-corrected chi connectivity index (χ3v) is 2.37. The Morgan fingerprint density at radius 3 is 2.64 bits per heavy atom. The highest BCUT2D eigenvalue weighted by atomic mass is 16.4. The molecule has 0 fully saturated rings.